The summed E-state index contributed by atoms with van der Waals surface area (Å²) >= 11 is 1.24. The Labute approximate surface area is 153 Å². The molecule has 1 radical (unpaired) electrons. The molecule has 3 aromatic rings. The molecule has 0 bridgehead atoms. The van der Waals surface area contributed by atoms with Crippen LogP contribution in [0.5, 0.6) is 5.75 Å². The van der Waals surface area contributed by atoms with Crippen molar-refractivity contribution in [3.63, 3.8) is 0 Å². The third-order valence-electron chi connectivity index (χ3n) is 3.75. The molecular weight excluding hydrogens is 361 g/mol. The van der Waals surface area contributed by atoms with Crippen LogP contribution in [0.4, 0.5) is 13.2 Å². The SMILES string of the molecule is COc1cccc(Cc2nsc([CH]Cc3cccc(C(F)(F)F)c3)n2)c1. The molecule has 0 atom stereocenters. The molecule has 0 aliphatic rings. The molecule has 0 amide bonds. The van der Waals surface area contributed by atoms with Crippen molar-refractivity contribution in [3.05, 3.63) is 82.5 Å². The maximum atomic E-state index is 12.8. The van der Waals surface area contributed by atoms with E-state index in [1.807, 2.05) is 24.3 Å². The predicted molar refractivity (Wildman–Crippen MR) is 94.3 cm³/mol. The summed E-state index contributed by atoms with van der Waals surface area (Å²) in [5.41, 5.74) is 0.982. The largest absolute Gasteiger partial charge is 0.497 e. The second-order valence-corrected chi connectivity index (χ2v) is 6.47. The molecule has 135 valence electrons. The van der Waals surface area contributed by atoms with E-state index >= 15 is 0 Å². The lowest BCUT2D eigenvalue weighted by Gasteiger charge is -2.07. The zero-order valence-electron chi connectivity index (χ0n) is 14.0. The number of hydrogen-bond acceptors (Lipinski definition) is 4. The Hall–Kier alpha value is -2.41. The zero-order valence-corrected chi connectivity index (χ0v) is 14.8. The fourth-order valence-corrected chi connectivity index (χ4v) is 3.08. The van der Waals surface area contributed by atoms with Crippen molar-refractivity contribution in [2.24, 2.45) is 0 Å². The highest BCUT2D eigenvalue weighted by molar-refractivity contribution is 7.05. The Morgan fingerprint density at radius 3 is 2.62 bits per heavy atom. The lowest BCUT2D eigenvalue weighted by Crippen LogP contribution is -2.05. The van der Waals surface area contributed by atoms with Crippen LogP contribution in [0.1, 0.15) is 27.5 Å². The van der Waals surface area contributed by atoms with Gasteiger partial charge < -0.3 is 4.74 Å². The highest BCUT2D eigenvalue weighted by Gasteiger charge is 2.30. The van der Waals surface area contributed by atoms with E-state index in [2.05, 4.69) is 9.36 Å². The van der Waals surface area contributed by atoms with E-state index in [0.717, 1.165) is 23.4 Å². The minimum Gasteiger partial charge on any atom is -0.497 e. The number of ether oxygens (including phenoxy) is 1. The number of benzene rings is 2. The average molecular weight is 377 g/mol. The van der Waals surface area contributed by atoms with Crippen molar-refractivity contribution in [2.75, 3.05) is 7.11 Å². The normalized spacial score (nSPS) is 11.5. The van der Waals surface area contributed by atoms with Gasteiger partial charge in [0.05, 0.1) is 12.7 Å². The molecule has 3 nitrogen and oxygen atoms in total. The Morgan fingerprint density at radius 1 is 1.08 bits per heavy atom. The molecule has 0 N–H and O–H groups in total. The summed E-state index contributed by atoms with van der Waals surface area (Å²) < 4.78 is 47.8. The molecule has 0 aliphatic carbocycles. The van der Waals surface area contributed by atoms with E-state index in [-0.39, 0.29) is 0 Å². The van der Waals surface area contributed by atoms with Crippen LogP contribution in [0.3, 0.4) is 0 Å². The van der Waals surface area contributed by atoms with Gasteiger partial charge in [-0.2, -0.15) is 17.5 Å². The average Bonchev–Trinajstić information content (AvgIpc) is 3.07. The third-order valence-corrected chi connectivity index (χ3v) is 4.49. The van der Waals surface area contributed by atoms with Gasteiger partial charge in [-0.05, 0) is 47.3 Å². The molecule has 0 spiro atoms. The molecule has 0 saturated heterocycles. The smallest absolute Gasteiger partial charge is 0.416 e. The number of methoxy groups -OCH3 is 1. The van der Waals surface area contributed by atoms with Crippen LogP contribution in [-0.2, 0) is 19.0 Å². The van der Waals surface area contributed by atoms with Crippen LogP contribution in [0.25, 0.3) is 0 Å². The molecule has 0 unspecified atom stereocenters. The van der Waals surface area contributed by atoms with Gasteiger partial charge in [0.15, 0.2) is 0 Å². The Kier molecular flexibility index (Phi) is 5.56. The molecule has 7 heteroatoms. The predicted octanol–water partition coefficient (Wildman–Crippen LogP) is 4.95. The Bertz CT molecular complexity index is 877. The van der Waals surface area contributed by atoms with Gasteiger partial charge in [-0.15, -0.1) is 0 Å². The summed E-state index contributed by atoms with van der Waals surface area (Å²) in [6.45, 7) is 0. The minimum absolute atomic E-state index is 0.373. The first-order valence-electron chi connectivity index (χ1n) is 7.89. The van der Waals surface area contributed by atoms with E-state index in [0.29, 0.717) is 29.2 Å². The number of hydrogen-bond donors (Lipinski definition) is 0. The lowest BCUT2D eigenvalue weighted by atomic mass is 10.1. The number of halogens is 3. The second-order valence-electron chi connectivity index (χ2n) is 5.68. The van der Waals surface area contributed by atoms with Gasteiger partial charge in [0.2, 0.25) is 0 Å². The highest BCUT2D eigenvalue weighted by Crippen LogP contribution is 2.30. The van der Waals surface area contributed by atoms with Crippen molar-refractivity contribution in [1.29, 1.82) is 0 Å². The molecule has 1 aromatic heterocycles. The van der Waals surface area contributed by atoms with E-state index in [1.165, 1.54) is 17.6 Å². The van der Waals surface area contributed by atoms with Crippen molar-refractivity contribution in [1.82, 2.24) is 9.36 Å². The first kappa shape index (κ1) is 18.4. The maximum absolute atomic E-state index is 12.8. The Balaban J connectivity index is 1.62. The van der Waals surface area contributed by atoms with Crippen molar-refractivity contribution in [2.45, 2.75) is 19.0 Å². The van der Waals surface area contributed by atoms with Crippen molar-refractivity contribution < 1.29 is 17.9 Å². The summed E-state index contributed by atoms with van der Waals surface area (Å²) in [5.74, 6) is 1.45. The molecule has 0 aliphatic heterocycles. The molecule has 0 saturated carbocycles. The Morgan fingerprint density at radius 2 is 1.85 bits per heavy atom. The molecule has 2 aromatic carbocycles. The van der Waals surface area contributed by atoms with Crippen LogP contribution in [0.15, 0.2) is 48.5 Å². The van der Waals surface area contributed by atoms with Crippen LogP contribution in [-0.4, -0.2) is 16.5 Å². The topological polar surface area (TPSA) is 35.0 Å². The molecular formula is C19H16F3N2OS. The summed E-state index contributed by atoms with van der Waals surface area (Å²) in [4.78, 5) is 4.44. The maximum Gasteiger partial charge on any atom is 0.416 e. The summed E-state index contributed by atoms with van der Waals surface area (Å²) in [5, 5.41) is 0.695. The van der Waals surface area contributed by atoms with Gasteiger partial charge in [0, 0.05) is 12.8 Å². The number of rotatable bonds is 6. The summed E-state index contributed by atoms with van der Waals surface area (Å²) in [7, 11) is 1.61. The van der Waals surface area contributed by atoms with E-state index in [4.69, 9.17) is 4.74 Å². The summed E-state index contributed by atoms with van der Waals surface area (Å²) in [6.07, 6.45) is -1.59. The van der Waals surface area contributed by atoms with Crippen LogP contribution < -0.4 is 4.74 Å². The molecule has 1 heterocycles. The van der Waals surface area contributed by atoms with Gasteiger partial charge in [-0.25, -0.2) is 4.98 Å². The number of aromatic nitrogens is 2. The van der Waals surface area contributed by atoms with E-state index in [1.54, 1.807) is 19.6 Å². The van der Waals surface area contributed by atoms with Gasteiger partial charge >= 0.3 is 6.18 Å². The monoisotopic (exact) mass is 377 g/mol. The van der Waals surface area contributed by atoms with Gasteiger partial charge in [-0.3, -0.25) is 0 Å². The third kappa shape index (κ3) is 4.82. The number of alkyl halides is 3. The fraction of sp³-hybridized carbons (Fsp3) is 0.211. The van der Waals surface area contributed by atoms with E-state index in [9.17, 15) is 13.2 Å². The van der Waals surface area contributed by atoms with Crippen molar-refractivity contribution in [3.8, 4) is 5.75 Å². The number of nitrogens with zero attached hydrogens (tertiary/aromatic N) is 2. The lowest BCUT2D eigenvalue weighted by molar-refractivity contribution is -0.137. The molecule has 26 heavy (non-hydrogen) atoms. The zero-order chi connectivity index (χ0) is 18.6. The van der Waals surface area contributed by atoms with Crippen molar-refractivity contribution >= 4 is 11.5 Å². The quantitative estimate of drug-likeness (QED) is 0.610. The first-order chi connectivity index (χ1) is 12.4. The van der Waals surface area contributed by atoms with Crippen LogP contribution in [0.2, 0.25) is 0 Å². The molecule has 0 fully saturated rings. The van der Waals surface area contributed by atoms with Crippen LogP contribution in [0, 0.1) is 6.42 Å². The van der Waals surface area contributed by atoms with Gasteiger partial charge in [0.25, 0.3) is 0 Å². The first-order valence-corrected chi connectivity index (χ1v) is 8.66. The summed E-state index contributed by atoms with van der Waals surface area (Å²) in [6, 6.07) is 13.0. The second kappa shape index (κ2) is 7.86. The minimum atomic E-state index is -4.33. The molecule has 3 rings (SSSR count). The highest BCUT2D eigenvalue weighted by atomic mass is 32.1. The fourth-order valence-electron chi connectivity index (χ4n) is 2.47. The van der Waals surface area contributed by atoms with Gasteiger partial charge in [-0.1, -0.05) is 30.3 Å². The van der Waals surface area contributed by atoms with Crippen LogP contribution >= 0.6 is 11.5 Å². The standard InChI is InChI=1S/C19H16F3N2OS/c1-25-16-7-3-5-14(11-16)12-17-23-18(26-24-17)9-8-13-4-2-6-15(10-13)19(20,21)22/h2-7,9-11H,8,12H2,1H3. The van der Waals surface area contributed by atoms with Gasteiger partial charge in [0.1, 0.15) is 16.6 Å². The van der Waals surface area contributed by atoms with E-state index < -0.39 is 11.7 Å².